The zero-order valence-electron chi connectivity index (χ0n) is 9.48. The normalized spacial score (nSPS) is 36.5. The molecule has 0 saturated carbocycles. The van der Waals surface area contributed by atoms with Gasteiger partial charge in [-0.1, -0.05) is 37.3 Å². The fourth-order valence-electron chi connectivity index (χ4n) is 2.71. The Hall–Kier alpha value is -0.860. The van der Waals surface area contributed by atoms with Gasteiger partial charge in [0.15, 0.2) is 0 Å². The molecule has 15 heavy (non-hydrogen) atoms. The van der Waals surface area contributed by atoms with Crippen molar-refractivity contribution >= 4 is 0 Å². The van der Waals surface area contributed by atoms with Gasteiger partial charge >= 0.3 is 0 Å². The highest BCUT2D eigenvalue weighted by Gasteiger charge is 2.36. The average molecular weight is 206 g/mol. The highest BCUT2D eigenvalue weighted by Crippen LogP contribution is 2.25. The van der Waals surface area contributed by atoms with Gasteiger partial charge in [0.1, 0.15) is 6.04 Å². The van der Waals surface area contributed by atoms with Crippen molar-refractivity contribution in [2.75, 3.05) is 13.6 Å². The number of hydrogen-bond acceptors (Lipinski definition) is 1. The zero-order valence-corrected chi connectivity index (χ0v) is 9.48. The Morgan fingerprint density at radius 2 is 1.93 bits per heavy atom. The van der Waals surface area contributed by atoms with Crippen LogP contribution < -0.4 is 4.90 Å². The van der Waals surface area contributed by atoms with E-state index in [-0.39, 0.29) is 6.10 Å². The van der Waals surface area contributed by atoms with Gasteiger partial charge in [0.25, 0.3) is 0 Å². The lowest BCUT2D eigenvalue weighted by molar-refractivity contribution is -0.923. The Kier molecular flexibility index (Phi) is 3.08. The molecule has 0 aliphatic carbocycles. The third-order valence-electron chi connectivity index (χ3n) is 3.66. The first-order valence-corrected chi connectivity index (χ1v) is 5.75. The van der Waals surface area contributed by atoms with E-state index < -0.39 is 0 Å². The van der Waals surface area contributed by atoms with Crippen molar-refractivity contribution in [2.24, 2.45) is 5.92 Å². The van der Waals surface area contributed by atoms with E-state index in [1.807, 2.05) is 6.07 Å². The summed E-state index contributed by atoms with van der Waals surface area (Å²) in [7, 11) is 2.22. The van der Waals surface area contributed by atoms with Crippen molar-refractivity contribution in [3.63, 3.8) is 0 Å². The van der Waals surface area contributed by atoms with Gasteiger partial charge < -0.3 is 10.0 Å². The Morgan fingerprint density at radius 1 is 1.27 bits per heavy atom. The molecule has 1 aliphatic rings. The van der Waals surface area contributed by atoms with Crippen molar-refractivity contribution in [2.45, 2.75) is 25.5 Å². The number of aliphatic hydroxyl groups is 1. The van der Waals surface area contributed by atoms with Crippen molar-refractivity contribution in [3.8, 4) is 0 Å². The maximum absolute atomic E-state index is 9.91. The van der Waals surface area contributed by atoms with E-state index in [4.69, 9.17) is 0 Å². The van der Waals surface area contributed by atoms with Crippen LogP contribution in [0.25, 0.3) is 0 Å². The molecule has 1 unspecified atom stereocenters. The van der Waals surface area contributed by atoms with Crippen LogP contribution in [-0.4, -0.2) is 24.8 Å². The number of piperidine rings is 1. The molecule has 2 rings (SSSR count). The van der Waals surface area contributed by atoms with Crippen LogP contribution in [0.15, 0.2) is 30.3 Å². The Labute approximate surface area is 91.5 Å². The summed E-state index contributed by atoms with van der Waals surface area (Å²) in [6.45, 7) is 3.22. The minimum absolute atomic E-state index is 0.140. The standard InChI is InChI=1S/C13H19NO/c1-10-12(15)8-9-14(2)13(10)11-6-4-3-5-7-11/h3-7,10,12-13,15H,8-9H2,1-2H3/p+1/t10-,12+,13-/m0/s1. The van der Waals surface area contributed by atoms with Gasteiger partial charge in [-0.25, -0.2) is 0 Å². The molecule has 0 spiro atoms. The number of rotatable bonds is 1. The van der Waals surface area contributed by atoms with Crippen LogP contribution in [0.4, 0.5) is 0 Å². The molecule has 82 valence electrons. The molecule has 0 bridgehead atoms. The topological polar surface area (TPSA) is 24.7 Å². The predicted octanol–water partition coefficient (Wildman–Crippen LogP) is 0.643. The summed E-state index contributed by atoms with van der Waals surface area (Å²) < 4.78 is 0. The fraction of sp³-hybridized carbons (Fsp3) is 0.538. The minimum atomic E-state index is -0.140. The number of aliphatic hydroxyl groups excluding tert-OH is 1. The van der Waals surface area contributed by atoms with E-state index >= 15 is 0 Å². The smallest absolute Gasteiger partial charge is 0.118 e. The zero-order chi connectivity index (χ0) is 10.8. The van der Waals surface area contributed by atoms with E-state index in [2.05, 4.69) is 38.2 Å². The Morgan fingerprint density at radius 3 is 2.60 bits per heavy atom. The van der Waals surface area contributed by atoms with Gasteiger partial charge in [-0.2, -0.15) is 0 Å². The molecule has 1 aromatic rings. The Bertz CT molecular complexity index is 312. The fourth-order valence-corrected chi connectivity index (χ4v) is 2.71. The SMILES string of the molecule is C[C@H]1[C@H](O)CC[NH+](C)[C@@H]1c1ccccc1. The summed E-state index contributed by atoms with van der Waals surface area (Å²) in [5, 5.41) is 9.91. The number of quaternary nitrogens is 1. The van der Waals surface area contributed by atoms with Gasteiger partial charge in [0.05, 0.1) is 19.7 Å². The van der Waals surface area contributed by atoms with Crippen molar-refractivity contribution in [3.05, 3.63) is 35.9 Å². The third kappa shape index (κ3) is 2.06. The lowest BCUT2D eigenvalue weighted by Gasteiger charge is -2.37. The molecule has 1 fully saturated rings. The molecule has 2 heteroatoms. The molecule has 2 nitrogen and oxygen atoms in total. The summed E-state index contributed by atoms with van der Waals surface area (Å²) >= 11 is 0. The lowest BCUT2D eigenvalue weighted by atomic mass is 9.84. The maximum Gasteiger partial charge on any atom is 0.118 e. The van der Waals surface area contributed by atoms with E-state index in [1.54, 1.807) is 0 Å². The molecule has 1 saturated heterocycles. The first-order valence-electron chi connectivity index (χ1n) is 5.75. The predicted molar refractivity (Wildman–Crippen MR) is 60.7 cm³/mol. The van der Waals surface area contributed by atoms with E-state index in [0.29, 0.717) is 12.0 Å². The monoisotopic (exact) mass is 206 g/mol. The van der Waals surface area contributed by atoms with Crippen LogP contribution in [0, 0.1) is 5.92 Å². The molecule has 0 amide bonds. The van der Waals surface area contributed by atoms with Gasteiger partial charge in [0.2, 0.25) is 0 Å². The quantitative estimate of drug-likeness (QED) is 0.692. The number of likely N-dealkylation sites (tertiary alicyclic amines) is 1. The summed E-state index contributed by atoms with van der Waals surface area (Å²) in [6, 6.07) is 11.0. The first kappa shape index (κ1) is 10.7. The molecule has 1 heterocycles. The molecule has 1 aliphatic heterocycles. The molecule has 2 N–H and O–H groups in total. The van der Waals surface area contributed by atoms with Crippen molar-refractivity contribution in [1.29, 1.82) is 0 Å². The van der Waals surface area contributed by atoms with Crippen LogP contribution in [0.3, 0.4) is 0 Å². The third-order valence-corrected chi connectivity index (χ3v) is 3.66. The van der Waals surface area contributed by atoms with Crippen LogP contribution in [0.5, 0.6) is 0 Å². The van der Waals surface area contributed by atoms with Gasteiger partial charge in [-0.3, -0.25) is 0 Å². The van der Waals surface area contributed by atoms with Crippen LogP contribution in [0.1, 0.15) is 24.9 Å². The molecule has 0 aromatic heterocycles. The molecule has 0 radical (unpaired) electrons. The van der Waals surface area contributed by atoms with E-state index in [0.717, 1.165) is 13.0 Å². The molecule has 1 aromatic carbocycles. The summed E-state index contributed by atoms with van der Waals surface area (Å²) in [4.78, 5) is 1.51. The Balaban J connectivity index is 2.25. The largest absolute Gasteiger partial charge is 0.392 e. The number of hydrogen-bond donors (Lipinski definition) is 2. The van der Waals surface area contributed by atoms with E-state index in [1.165, 1.54) is 10.5 Å². The van der Waals surface area contributed by atoms with Gasteiger partial charge in [-0.15, -0.1) is 0 Å². The van der Waals surface area contributed by atoms with Crippen LogP contribution in [0.2, 0.25) is 0 Å². The van der Waals surface area contributed by atoms with Crippen LogP contribution >= 0.6 is 0 Å². The molecular weight excluding hydrogens is 186 g/mol. The van der Waals surface area contributed by atoms with Crippen molar-refractivity contribution < 1.29 is 10.0 Å². The summed E-state index contributed by atoms with van der Waals surface area (Å²) in [5.41, 5.74) is 1.35. The highest BCUT2D eigenvalue weighted by molar-refractivity contribution is 5.18. The lowest BCUT2D eigenvalue weighted by Crippen LogP contribution is -3.11. The highest BCUT2D eigenvalue weighted by atomic mass is 16.3. The second-order valence-corrected chi connectivity index (χ2v) is 4.70. The maximum atomic E-state index is 9.91. The second-order valence-electron chi connectivity index (χ2n) is 4.70. The first-order chi connectivity index (χ1) is 7.20. The average Bonchev–Trinajstić information content (AvgIpc) is 2.26. The molecule has 4 atom stereocenters. The van der Waals surface area contributed by atoms with E-state index in [9.17, 15) is 5.11 Å². The second kappa shape index (κ2) is 4.33. The number of nitrogens with one attached hydrogen (secondary N) is 1. The van der Waals surface area contributed by atoms with Gasteiger partial charge in [0, 0.05) is 17.9 Å². The number of benzene rings is 1. The van der Waals surface area contributed by atoms with Crippen molar-refractivity contribution in [1.82, 2.24) is 0 Å². The molecular formula is C13H20NO+. The van der Waals surface area contributed by atoms with Gasteiger partial charge in [-0.05, 0) is 0 Å². The summed E-state index contributed by atoms with van der Waals surface area (Å²) in [6.07, 6.45) is 0.787. The van der Waals surface area contributed by atoms with Crippen LogP contribution in [-0.2, 0) is 0 Å². The minimum Gasteiger partial charge on any atom is -0.392 e. The summed E-state index contributed by atoms with van der Waals surface area (Å²) in [5.74, 6) is 0.348.